The quantitative estimate of drug-likeness (QED) is 0.0205. The minimum Gasteiger partial charge on any atom is -0.496 e. The summed E-state index contributed by atoms with van der Waals surface area (Å²) < 4.78 is 34.7. The van der Waals surface area contributed by atoms with Crippen LogP contribution in [0.5, 0.6) is 17.8 Å². The Morgan fingerprint density at radius 2 is 1.43 bits per heavy atom. The van der Waals surface area contributed by atoms with Crippen molar-refractivity contribution in [2.24, 2.45) is 11.7 Å². The molecule has 7 rings (SSSR count). The van der Waals surface area contributed by atoms with Crippen LogP contribution in [0.2, 0.25) is 0 Å². The number of rotatable bonds is 36. The Kier molecular flexibility index (Phi) is 26.2. The lowest BCUT2D eigenvalue weighted by molar-refractivity contribution is -0.137. The van der Waals surface area contributed by atoms with Crippen molar-refractivity contribution < 1.29 is 67.1 Å². The van der Waals surface area contributed by atoms with Crippen molar-refractivity contribution in [3.63, 3.8) is 0 Å². The Hall–Kier alpha value is -8.96. The van der Waals surface area contributed by atoms with Crippen LogP contribution in [-0.4, -0.2) is 174 Å². The number of aromatic hydroxyl groups is 1. The van der Waals surface area contributed by atoms with Gasteiger partial charge in [0.05, 0.1) is 66.4 Å². The van der Waals surface area contributed by atoms with E-state index in [-0.39, 0.29) is 126 Å². The number of anilines is 2. The Bertz CT molecular complexity index is 3190. The molecule has 0 unspecified atom stereocenters. The predicted molar refractivity (Wildman–Crippen MR) is 327 cm³/mol. The van der Waals surface area contributed by atoms with E-state index in [0.29, 0.717) is 48.8 Å². The molecule has 0 saturated carbocycles. The minimum atomic E-state index is -1.05. The van der Waals surface area contributed by atoms with Gasteiger partial charge in [-0.3, -0.25) is 38.3 Å². The summed E-state index contributed by atoms with van der Waals surface area (Å²) in [5, 5.41) is 28.0. The summed E-state index contributed by atoms with van der Waals surface area (Å²) in [6, 6.07) is 18.2. The van der Waals surface area contributed by atoms with E-state index in [0.717, 1.165) is 54.1 Å². The van der Waals surface area contributed by atoms with Crippen molar-refractivity contribution in [3.8, 4) is 17.8 Å². The molecular formula is C61H82N14O14. The van der Waals surface area contributed by atoms with E-state index in [2.05, 4.69) is 76.0 Å². The van der Waals surface area contributed by atoms with Crippen LogP contribution >= 0.6 is 0 Å². The molecule has 2 aromatic heterocycles. The van der Waals surface area contributed by atoms with Gasteiger partial charge in [0.1, 0.15) is 24.4 Å². The summed E-state index contributed by atoms with van der Waals surface area (Å²) >= 11 is 0. The molecule has 0 radical (unpaired) electrons. The molecule has 5 aromatic rings. The molecule has 4 heterocycles. The predicted octanol–water partition coefficient (Wildman–Crippen LogP) is 3.13. The number of hydrogen-bond acceptors (Lipinski definition) is 20. The number of fused-ring (bicyclic) bond motifs is 1. The number of ether oxygens (including phenoxy) is 6. The zero-order valence-electron chi connectivity index (χ0n) is 50.8. The molecule has 1 saturated heterocycles. The van der Waals surface area contributed by atoms with Crippen LogP contribution in [0.4, 0.5) is 21.1 Å². The highest BCUT2D eigenvalue weighted by molar-refractivity contribution is 6.12. The number of carbonyl (C=O) groups excluding carboxylic acids is 7. The van der Waals surface area contributed by atoms with Crippen molar-refractivity contribution in [1.29, 1.82) is 0 Å². The molecule has 11 N–H and O–H groups in total. The van der Waals surface area contributed by atoms with Gasteiger partial charge in [0.2, 0.25) is 17.7 Å². The summed E-state index contributed by atoms with van der Waals surface area (Å²) in [6.07, 6.45) is 3.83. The van der Waals surface area contributed by atoms with E-state index in [4.69, 9.17) is 39.9 Å². The highest BCUT2D eigenvalue weighted by Gasteiger charge is 2.30. The largest absolute Gasteiger partial charge is 0.496 e. The second kappa shape index (κ2) is 34.5. The molecule has 2 aliphatic rings. The third kappa shape index (κ3) is 21.4. The van der Waals surface area contributed by atoms with Gasteiger partial charge in [-0.1, -0.05) is 62.4 Å². The molecule has 89 heavy (non-hydrogen) atoms. The second-order valence-corrected chi connectivity index (χ2v) is 21.6. The molecule has 0 aliphatic carbocycles. The number of carbonyl (C=O) groups is 7. The number of primary amides is 1. The first-order valence-corrected chi connectivity index (χ1v) is 29.7. The first kappa shape index (κ1) is 67.5. The number of urea groups is 1. The Morgan fingerprint density at radius 3 is 2.10 bits per heavy atom. The second-order valence-electron chi connectivity index (χ2n) is 21.6. The lowest BCUT2D eigenvalue weighted by Crippen LogP contribution is -2.54. The number of alkyl carbamates (subject to hydrolysis) is 1. The fourth-order valence-electron chi connectivity index (χ4n) is 9.75. The van der Waals surface area contributed by atoms with Gasteiger partial charge in [-0.25, -0.2) is 9.59 Å². The molecule has 0 spiro atoms. The number of nitrogens with two attached hydrogens (primary N) is 2. The van der Waals surface area contributed by atoms with Crippen LogP contribution in [-0.2, 0) is 75.7 Å². The third-order valence-electron chi connectivity index (χ3n) is 14.6. The average Bonchev–Trinajstić information content (AvgIpc) is 1.78. The van der Waals surface area contributed by atoms with Gasteiger partial charge >= 0.3 is 18.1 Å². The molecule has 2 atom stereocenters. The van der Waals surface area contributed by atoms with Crippen molar-refractivity contribution in [2.75, 3.05) is 90.6 Å². The lowest BCUT2D eigenvalue weighted by Gasteiger charge is -2.32. The van der Waals surface area contributed by atoms with E-state index in [1.54, 1.807) is 45.2 Å². The summed E-state index contributed by atoms with van der Waals surface area (Å²) in [6.45, 7) is 11.1. The standard InChI is InChI=1S/C61H82N14O14/c1-5-88-59-71-54(62)53-55(72-59)75(60(82)70-53)37-44-15-12-43(33-48(44)84-4)35-64-34-40-8-10-41(11-9-40)36-73-24-20-46(21-25-73)67-61(83)89-38-42-13-16-45(17-14-42)66-56(79)47(7-6-23-65-58(63)81)68-57(80)52(39(2)3)69-49(76)22-27-85-29-31-87-32-30-86-28-26-74-50(77)18-19-51(74)78/h8-19,33,39,46-47,52,64H,5-7,20-32,34-38H2,1-4H3,(H,66,79)(H,67,83)(H,68,80)(H,69,76)(H,70,82)(H2,62,71,72)(H3,63,65,81)/t47-,52-/m0/s1. The number of amides is 8. The van der Waals surface area contributed by atoms with E-state index in [1.807, 2.05) is 25.1 Å². The van der Waals surface area contributed by atoms with Gasteiger partial charge in [0.15, 0.2) is 17.0 Å². The monoisotopic (exact) mass is 1230 g/mol. The number of piperidine rings is 1. The first-order valence-electron chi connectivity index (χ1n) is 29.7. The summed E-state index contributed by atoms with van der Waals surface area (Å²) in [5.41, 5.74) is 17.2. The van der Waals surface area contributed by atoms with Gasteiger partial charge in [-0.05, 0) is 79.0 Å². The number of likely N-dealkylation sites (tertiary alicyclic amines) is 1. The van der Waals surface area contributed by atoms with Gasteiger partial charge in [-0.15, -0.1) is 0 Å². The number of benzene rings is 3. The number of aromatic nitrogens is 4. The molecule has 0 bridgehead atoms. The van der Waals surface area contributed by atoms with E-state index >= 15 is 0 Å². The van der Waals surface area contributed by atoms with Crippen LogP contribution in [0, 0.1) is 5.92 Å². The molecule has 28 nitrogen and oxygen atoms in total. The molecule has 3 aromatic carbocycles. The van der Waals surface area contributed by atoms with Crippen molar-refractivity contribution >= 4 is 64.3 Å². The number of nitrogens with one attached hydrogen (secondary N) is 6. The van der Waals surface area contributed by atoms with Crippen molar-refractivity contribution in [2.45, 2.75) is 104 Å². The smallest absolute Gasteiger partial charge is 0.407 e. The molecule has 2 aliphatic heterocycles. The summed E-state index contributed by atoms with van der Waals surface area (Å²) in [7, 11) is 1.60. The van der Waals surface area contributed by atoms with E-state index < -0.39 is 41.9 Å². The Balaban J connectivity index is 0.767. The summed E-state index contributed by atoms with van der Waals surface area (Å²) in [4.78, 5) is 104. The number of imidazole rings is 1. The molecule has 28 heteroatoms. The van der Waals surface area contributed by atoms with Gasteiger partial charge in [0.25, 0.3) is 17.8 Å². The maximum Gasteiger partial charge on any atom is 0.407 e. The van der Waals surface area contributed by atoms with Gasteiger partial charge in [-0.2, -0.15) is 15.0 Å². The number of imide groups is 1. The Morgan fingerprint density at radius 1 is 0.775 bits per heavy atom. The first-order chi connectivity index (χ1) is 43.0. The highest BCUT2D eigenvalue weighted by atomic mass is 16.6. The zero-order chi connectivity index (χ0) is 63.7. The SMILES string of the molecule is CCOc1nc(N)c2nc(O)n(Cc3ccc(CNCc4ccc(CN5CCC(NC(=O)OCc6ccc(NC(=O)[C@H](CCCNC(N)=O)NC(=O)[C@@H](NC(=O)CCOCCOCCOCCN7C(=O)C=CC7=O)C(C)C)cc6)CC5)cc4)cc3OC)c2n1. The minimum absolute atomic E-state index is 0.00458. The number of methoxy groups -OCH3 is 1. The fourth-order valence-corrected chi connectivity index (χ4v) is 9.75. The van der Waals surface area contributed by atoms with E-state index in [1.165, 1.54) is 22.3 Å². The van der Waals surface area contributed by atoms with E-state index in [9.17, 15) is 38.7 Å². The van der Waals surface area contributed by atoms with Crippen molar-refractivity contribution in [1.82, 2.24) is 55.9 Å². The lowest BCUT2D eigenvalue weighted by atomic mass is 10.0. The fraction of sp³-hybridized carbons (Fsp3) is 0.475. The van der Waals surface area contributed by atoms with Crippen LogP contribution in [0.15, 0.2) is 78.9 Å². The van der Waals surface area contributed by atoms with Crippen LogP contribution in [0.1, 0.15) is 80.7 Å². The average molecular weight is 1240 g/mol. The van der Waals surface area contributed by atoms with Crippen LogP contribution < -0.4 is 52.8 Å². The molecular weight excluding hydrogens is 1150 g/mol. The molecule has 1 fully saturated rings. The van der Waals surface area contributed by atoms with Crippen LogP contribution in [0.25, 0.3) is 11.2 Å². The normalized spacial score (nSPS) is 14.2. The topological polar surface area (TPSA) is 369 Å². The van der Waals surface area contributed by atoms with Crippen LogP contribution in [0.3, 0.4) is 0 Å². The maximum absolute atomic E-state index is 13.7. The number of nitrogen functional groups attached to an aromatic ring is 1. The number of nitrogens with zero attached hydrogens (tertiary/aromatic N) is 6. The summed E-state index contributed by atoms with van der Waals surface area (Å²) in [5.74, 6) is -1.86. The van der Waals surface area contributed by atoms with Gasteiger partial charge in [0, 0.05) is 75.1 Å². The zero-order valence-corrected chi connectivity index (χ0v) is 50.8. The third-order valence-corrected chi connectivity index (χ3v) is 14.6. The Labute approximate surface area is 516 Å². The van der Waals surface area contributed by atoms with Crippen molar-refractivity contribution in [3.05, 3.63) is 107 Å². The molecule has 8 amide bonds. The highest BCUT2D eigenvalue weighted by Crippen LogP contribution is 2.29. The maximum atomic E-state index is 13.7. The van der Waals surface area contributed by atoms with Gasteiger partial charge < -0.3 is 76.9 Å². The molecule has 480 valence electrons. The number of hydrogen-bond donors (Lipinski definition) is 9.